The summed E-state index contributed by atoms with van der Waals surface area (Å²) in [5.41, 5.74) is 0.423. The van der Waals surface area contributed by atoms with Crippen molar-refractivity contribution in [2.75, 3.05) is 7.11 Å². The van der Waals surface area contributed by atoms with E-state index in [1.54, 1.807) is 30.3 Å². The number of aliphatic hydroxyl groups is 1. The number of benzene rings is 2. The molecule has 0 fully saturated rings. The molecule has 1 aliphatic heterocycles. The number of rotatable bonds is 3. The Morgan fingerprint density at radius 3 is 2.50 bits per heavy atom. The lowest BCUT2D eigenvalue weighted by atomic mass is 9.80. The van der Waals surface area contributed by atoms with E-state index in [2.05, 4.69) is 0 Å². The number of methoxy groups -OCH3 is 1. The van der Waals surface area contributed by atoms with Crippen LogP contribution in [0.15, 0.2) is 48.5 Å². The standard InChI is InChI=1S/C17H16O4S/c1-21-14-9-5-4-8-13(14)17(20)12-7-3-2-6-11(12)10-22-15(17)16(18)19/h2-9,15,20H,10H2,1H3,(H,18,19). The second-order valence-electron chi connectivity index (χ2n) is 5.15. The third-order valence-corrected chi connectivity index (χ3v) is 5.31. The normalized spacial score (nSPS) is 23.6. The smallest absolute Gasteiger partial charge is 0.320 e. The Morgan fingerprint density at radius 2 is 1.82 bits per heavy atom. The predicted octanol–water partition coefficient (Wildman–Crippen LogP) is 2.63. The Kier molecular flexibility index (Phi) is 3.85. The number of aliphatic carboxylic acids is 1. The fraction of sp³-hybridized carbons (Fsp3) is 0.235. The Morgan fingerprint density at radius 1 is 1.18 bits per heavy atom. The fourth-order valence-electron chi connectivity index (χ4n) is 2.95. The molecular formula is C17H16O4S. The zero-order valence-electron chi connectivity index (χ0n) is 12.0. The molecule has 0 saturated carbocycles. The molecular weight excluding hydrogens is 300 g/mol. The molecule has 2 aromatic carbocycles. The number of carboxylic acid groups (broad SMARTS) is 1. The van der Waals surface area contributed by atoms with Gasteiger partial charge in [-0.05, 0) is 17.2 Å². The van der Waals surface area contributed by atoms with Crippen molar-refractivity contribution >= 4 is 17.7 Å². The number of ether oxygens (including phenoxy) is 1. The molecule has 0 amide bonds. The Labute approximate surface area is 132 Å². The molecule has 0 radical (unpaired) electrons. The molecule has 5 heteroatoms. The second kappa shape index (κ2) is 5.66. The number of hydrogen-bond acceptors (Lipinski definition) is 4. The van der Waals surface area contributed by atoms with E-state index < -0.39 is 16.8 Å². The largest absolute Gasteiger partial charge is 0.496 e. The number of carbonyl (C=O) groups is 1. The van der Waals surface area contributed by atoms with Crippen LogP contribution in [-0.2, 0) is 16.1 Å². The van der Waals surface area contributed by atoms with Crippen LogP contribution in [0.4, 0.5) is 0 Å². The van der Waals surface area contributed by atoms with Gasteiger partial charge in [0.2, 0.25) is 0 Å². The van der Waals surface area contributed by atoms with Gasteiger partial charge in [0.05, 0.1) is 7.11 Å². The Balaban J connectivity index is 2.28. The molecule has 1 heterocycles. The summed E-state index contributed by atoms with van der Waals surface area (Å²) in [5, 5.41) is 20.1. The molecule has 1 aliphatic rings. The van der Waals surface area contributed by atoms with Gasteiger partial charge in [0.15, 0.2) is 0 Å². The lowest BCUT2D eigenvalue weighted by molar-refractivity contribution is -0.140. The topological polar surface area (TPSA) is 66.8 Å². The highest BCUT2D eigenvalue weighted by molar-refractivity contribution is 8.00. The highest BCUT2D eigenvalue weighted by atomic mass is 32.2. The van der Waals surface area contributed by atoms with E-state index in [0.29, 0.717) is 22.6 Å². The lowest BCUT2D eigenvalue weighted by Crippen LogP contribution is -2.46. The number of hydrogen-bond donors (Lipinski definition) is 2. The summed E-state index contributed by atoms with van der Waals surface area (Å²) >= 11 is 1.23. The van der Waals surface area contributed by atoms with E-state index in [-0.39, 0.29) is 0 Å². The zero-order valence-corrected chi connectivity index (χ0v) is 12.8. The average molecular weight is 316 g/mol. The second-order valence-corrected chi connectivity index (χ2v) is 6.25. The summed E-state index contributed by atoms with van der Waals surface area (Å²) in [6, 6.07) is 14.4. The van der Waals surface area contributed by atoms with Gasteiger partial charge in [0.1, 0.15) is 16.6 Å². The van der Waals surface area contributed by atoms with Crippen LogP contribution < -0.4 is 4.74 Å². The molecule has 2 N–H and O–H groups in total. The molecule has 114 valence electrons. The first-order chi connectivity index (χ1) is 10.6. The van der Waals surface area contributed by atoms with Crippen molar-refractivity contribution in [3.8, 4) is 5.75 Å². The number of fused-ring (bicyclic) bond motifs is 1. The summed E-state index contributed by atoms with van der Waals surface area (Å²) in [7, 11) is 1.51. The highest BCUT2D eigenvalue weighted by Crippen LogP contribution is 2.48. The summed E-state index contributed by atoms with van der Waals surface area (Å²) in [5.74, 6) is 0.00592. The Bertz CT molecular complexity index is 715. The monoisotopic (exact) mass is 316 g/mol. The third-order valence-electron chi connectivity index (χ3n) is 3.95. The Hall–Kier alpha value is -1.98. The lowest BCUT2D eigenvalue weighted by Gasteiger charge is -2.39. The van der Waals surface area contributed by atoms with E-state index in [1.165, 1.54) is 18.9 Å². The first-order valence-corrected chi connectivity index (χ1v) is 7.92. The number of para-hydroxylation sites is 1. The summed E-state index contributed by atoms with van der Waals surface area (Å²) in [6.45, 7) is 0. The molecule has 0 spiro atoms. The van der Waals surface area contributed by atoms with Gasteiger partial charge < -0.3 is 14.9 Å². The van der Waals surface area contributed by atoms with Gasteiger partial charge in [-0.2, -0.15) is 0 Å². The molecule has 0 saturated heterocycles. The van der Waals surface area contributed by atoms with Gasteiger partial charge in [0, 0.05) is 11.3 Å². The van der Waals surface area contributed by atoms with E-state index in [1.807, 2.05) is 18.2 Å². The maximum Gasteiger partial charge on any atom is 0.320 e. The van der Waals surface area contributed by atoms with Crippen LogP contribution in [0.1, 0.15) is 16.7 Å². The van der Waals surface area contributed by atoms with E-state index >= 15 is 0 Å². The van der Waals surface area contributed by atoms with Crippen LogP contribution >= 0.6 is 11.8 Å². The molecule has 3 rings (SSSR count). The van der Waals surface area contributed by atoms with Gasteiger partial charge in [-0.1, -0.05) is 42.5 Å². The van der Waals surface area contributed by atoms with Crippen LogP contribution in [0.5, 0.6) is 5.75 Å². The van der Waals surface area contributed by atoms with Crippen molar-refractivity contribution in [3.05, 3.63) is 65.2 Å². The SMILES string of the molecule is COc1ccccc1C1(O)c2ccccc2CSC1C(=O)O. The predicted molar refractivity (Wildman–Crippen MR) is 85.2 cm³/mol. The fourth-order valence-corrected chi connectivity index (χ4v) is 4.18. The van der Waals surface area contributed by atoms with Crippen molar-refractivity contribution in [2.24, 2.45) is 0 Å². The molecule has 0 aromatic heterocycles. The van der Waals surface area contributed by atoms with Crippen molar-refractivity contribution in [3.63, 3.8) is 0 Å². The van der Waals surface area contributed by atoms with Crippen LogP contribution in [-0.4, -0.2) is 28.5 Å². The third kappa shape index (κ3) is 2.17. The van der Waals surface area contributed by atoms with E-state index in [9.17, 15) is 15.0 Å². The number of thioether (sulfide) groups is 1. The minimum absolute atomic E-state index is 0.476. The summed E-state index contributed by atoms with van der Waals surface area (Å²) in [6.07, 6.45) is 0. The highest BCUT2D eigenvalue weighted by Gasteiger charge is 2.50. The molecule has 2 aromatic rings. The number of carboxylic acids is 1. The molecule has 0 bridgehead atoms. The van der Waals surface area contributed by atoms with Gasteiger partial charge in [-0.3, -0.25) is 4.79 Å². The molecule has 2 atom stereocenters. The minimum Gasteiger partial charge on any atom is -0.496 e. The zero-order chi connectivity index (χ0) is 15.7. The molecule has 22 heavy (non-hydrogen) atoms. The minimum atomic E-state index is -1.63. The van der Waals surface area contributed by atoms with E-state index in [4.69, 9.17) is 4.74 Å². The van der Waals surface area contributed by atoms with Crippen LogP contribution in [0.2, 0.25) is 0 Å². The van der Waals surface area contributed by atoms with E-state index in [0.717, 1.165) is 5.56 Å². The first-order valence-electron chi connectivity index (χ1n) is 6.87. The van der Waals surface area contributed by atoms with Crippen molar-refractivity contribution < 1.29 is 19.7 Å². The quantitative estimate of drug-likeness (QED) is 0.911. The van der Waals surface area contributed by atoms with Crippen molar-refractivity contribution in [2.45, 2.75) is 16.6 Å². The first kappa shape index (κ1) is 14.9. The van der Waals surface area contributed by atoms with Gasteiger partial charge in [-0.25, -0.2) is 0 Å². The van der Waals surface area contributed by atoms with Crippen LogP contribution in [0.25, 0.3) is 0 Å². The molecule has 0 aliphatic carbocycles. The maximum atomic E-state index is 11.7. The van der Waals surface area contributed by atoms with Gasteiger partial charge >= 0.3 is 5.97 Å². The van der Waals surface area contributed by atoms with Crippen molar-refractivity contribution in [1.29, 1.82) is 0 Å². The maximum absolute atomic E-state index is 11.7. The van der Waals surface area contributed by atoms with Gasteiger partial charge in [-0.15, -0.1) is 11.8 Å². The summed E-state index contributed by atoms with van der Waals surface area (Å²) < 4.78 is 5.34. The van der Waals surface area contributed by atoms with Crippen LogP contribution in [0.3, 0.4) is 0 Å². The molecule has 2 unspecified atom stereocenters. The molecule has 4 nitrogen and oxygen atoms in total. The van der Waals surface area contributed by atoms with Crippen molar-refractivity contribution in [1.82, 2.24) is 0 Å². The summed E-state index contributed by atoms with van der Waals surface area (Å²) in [4.78, 5) is 11.7. The van der Waals surface area contributed by atoms with Gasteiger partial charge in [0.25, 0.3) is 0 Å². The van der Waals surface area contributed by atoms with Crippen LogP contribution in [0, 0.1) is 0 Å². The average Bonchev–Trinajstić information content (AvgIpc) is 2.55.